The number of amides is 2. The van der Waals surface area contributed by atoms with E-state index < -0.39 is 5.82 Å². The smallest absolute Gasteiger partial charge is 0.292 e. The van der Waals surface area contributed by atoms with Gasteiger partial charge in [0.15, 0.2) is 6.04 Å². The first-order chi connectivity index (χ1) is 13.4. The lowest BCUT2D eigenvalue weighted by atomic mass is 10.1. The number of nitrogens with zero attached hydrogens (tertiary/aromatic N) is 4. The Hall–Kier alpha value is -2.87. The Kier molecular flexibility index (Phi) is 4.80. The zero-order valence-corrected chi connectivity index (χ0v) is 16.0. The number of hydrogen-bond donors (Lipinski definition) is 1. The van der Waals surface area contributed by atoms with E-state index in [0.29, 0.717) is 5.69 Å². The van der Waals surface area contributed by atoms with Crippen LogP contribution in [0.3, 0.4) is 0 Å². The summed E-state index contributed by atoms with van der Waals surface area (Å²) in [5, 5.41) is 0. The fourth-order valence-corrected chi connectivity index (χ4v) is 4.04. The van der Waals surface area contributed by atoms with Gasteiger partial charge in [0.1, 0.15) is 17.5 Å². The molecule has 0 aliphatic carbocycles. The van der Waals surface area contributed by atoms with E-state index >= 15 is 0 Å². The number of halogens is 1. The lowest BCUT2D eigenvalue weighted by molar-refractivity contribution is -0.915. The molecule has 1 N–H and O–H groups in total. The Morgan fingerprint density at radius 2 is 1.75 bits per heavy atom. The van der Waals surface area contributed by atoms with Gasteiger partial charge in [0.05, 0.1) is 38.3 Å². The summed E-state index contributed by atoms with van der Waals surface area (Å²) in [6, 6.07) is 7.06. The van der Waals surface area contributed by atoms with Crippen molar-refractivity contribution in [3.8, 4) is 0 Å². The predicted molar refractivity (Wildman–Crippen MR) is 102 cm³/mol. The molecular formula is C20H23FN5O2+. The maximum absolute atomic E-state index is 13.2. The number of carbonyl (C=O) groups excluding carboxylic acids is 2. The van der Waals surface area contributed by atoms with Crippen LogP contribution in [0.15, 0.2) is 30.3 Å². The van der Waals surface area contributed by atoms with E-state index in [4.69, 9.17) is 0 Å². The molecule has 28 heavy (non-hydrogen) atoms. The van der Waals surface area contributed by atoms with Gasteiger partial charge in [-0.1, -0.05) is 0 Å². The van der Waals surface area contributed by atoms with E-state index in [-0.39, 0.29) is 24.3 Å². The van der Waals surface area contributed by atoms with E-state index in [9.17, 15) is 14.0 Å². The van der Waals surface area contributed by atoms with Crippen LogP contribution >= 0.6 is 0 Å². The molecule has 3 heterocycles. The molecule has 0 spiro atoms. The van der Waals surface area contributed by atoms with Gasteiger partial charge in [0, 0.05) is 11.8 Å². The Bertz CT molecular complexity index is 889. The van der Waals surface area contributed by atoms with Gasteiger partial charge in [0.25, 0.3) is 5.91 Å². The van der Waals surface area contributed by atoms with Gasteiger partial charge in [-0.25, -0.2) is 19.3 Å². The third kappa shape index (κ3) is 3.47. The van der Waals surface area contributed by atoms with Crippen LogP contribution in [0.25, 0.3) is 0 Å². The number of aromatic nitrogens is 2. The van der Waals surface area contributed by atoms with Crippen LogP contribution in [0.2, 0.25) is 0 Å². The van der Waals surface area contributed by atoms with E-state index in [2.05, 4.69) is 14.9 Å². The van der Waals surface area contributed by atoms with Crippen molar-refractivity contribution in [2.24, 2.45) is 0 Å². The molecule has 1 aromatic carbocycles. The number of carbonyl (C=O) groups is 2. The van der Waals surface area contributed by atoms with Crippen LogP contribution in [0.5, 0.6) is 0 Å². The summed E-state index contributed by atoms with van der Waals surface area (Å²) in [5.41, 5.74) is 1.37. The number of benzene rings is 1. The van der Waals surface area contributed by atoms with Crippen molar-refractivity contribution in [1.82, 2.24) is 9.97 Å². The fraction of sp³-hybridized carbons (Fsp3) is 0.400. The number of nitrogens with one attached hydrogen (secondary N) is 1. The number of imide groups is 1. The molecule has 0 saturated carbocycles. The topological polar surface area (TPSA) is 70.8 Å². The number of piperazine rings is 1. The quantitative estimate of drug-likeness (QED) is 0.770. The summed E-state index contributed by atoms with van der Waals surface area (Å²) in [4.78, 5) is 38.7. The number of aryl methyl sites for hydroxylation is 2. The van der Waals surface area contributed by atoms with Crippen LogP contribution in [0.4, 0.5) is 15.9 Å². The summed E-state index contributed by atoms with van der Waals surface area (Å²) >= 11 is 0. The zero-order valence-electron chi connectivity index (χ0n) is 16.0. The molecule has 0 radical (unpaired) electrons. The summed E-state index contributed by atoms with van der Waals surface area (Å²) in [5.74, 6) is 0.839. The molecule has 7 nitrogen and oxygen atoms in total. The second kappa shape index (κ2) is 7.27. The highest BCUT2D eigenvalue weighted by Gasteiger charge is 2.46. The first-order valence-electron chi connectivity index (χ1n) is 9.46. The molecule has 8 heteroatoms. The number of quaternary nitrogens is 1. The summed E-state index contributed by atoms with van der Waals surface area (Å²) in [6.07, 6.45) is 0.192. The molecule has 2 aliphatic heterocycles. The third-order valence-electron chi connectivity index (χ3n) is 5.41. The molecular weight excluding hydrogens is 361 g/mol. The number of rotatable bonds is 3. The molecule has 0 unspecified atom stereocenters. The minimum atomic E-state index is -0.392. The lowest BCUT2D eigenvalue weighted by Gasteiger charge is -2.35. The summed E-state index contributed by atoms with van der Waals surface area (Å²) in [6.45, 7) is 6.86. The van der Waals surface area contributed by atoms with Crippen LogP contribution in [0.1, 0.15) is 17.9 Å². The maximum atomic E-state index is 13.2. The fourth-order valence-electron chi connectivity index (χ4n) is 4.04. The highest BCUT2D eigenvalue weighted by atomic mass is 19.1. The van der Waals surface area contributed by atoms with E-state index in [1.807, 2.05) is 19.9 Å². The Balaban J connectivity index is 1.44. The second-order valence-corrected chi connectivity index (χ2v) is 7.36. The largest absolute Gasteiger partial charge is 0.345 e. The van der Waals surface area contributed by atoms with Gasteiger partial charge in [-0.2, -0.15) is 0 Å². The van der Waals surface area contributed by atoms with Gasteiger partial charge in [0.2, 0.25) is 5.91 Å². The normalized spacial score (nSPS) is 20.9. The minimum absolute atomic E-state index is 0.192. The van der Waals surface area contributed by atoms with Gasteiger partial charge in [-0.15, -0.1) is 0 Å². The van der Waals surface area contributed by atoms with Crippen molar-refractivity contribution < 1.29 is 18.9 Å². The molecule has 1 atom stereocenters. The highest BCUT2D eigenvalue weighted by molar-refractivity contribution is 6.21. The van der Waals surface area contributed by atoms with Crippen LogP contribution in [-0.4, -0.2) is 54.0 Å². The molecule has 146 valence electrons. The van der Waals surface area contributed by atoms with Gasteiger partial charge in [-0.05, 0) is 38.1 Å². The highest BCUT2D eigenvalue weighted by Crippen LogP contribution is 2.22. The molecule has 1 aromatic heterocycles. The van der Waals surface area contributed by atoms with Crippen molar-refractivity contribution in [2.45, 2.75) is 26.3 Å². The summed E-state index contributed by atoms with van der Waals surface area (Å²) < 4.78 is 13.2. The number of anilines is 2. The third-order valence-corrected chi connectivity index (χ3v) is 5.41. The average Bonchev–Trinajstić information content (AvgIpc) is 2.96. The van der Waals surface area contributed by atoms with E-state index in [0.717, 1.165) is 48.4 Å². The Morgan fingerprint density at radius 1 is 1.07 bits per heavy atom. The van der Waals surface area contributed by atoms with E-state index in [1.165, 1.54) is 29.2 Å². The predicted octanol–water partition coefficient (Wildman–Crippen LogP) is 0.270. The first kappa shape index (κ1) is 18.5. The SMILES string of the molecule is Cc1cc(N2CC[NH+]([C@H]3CC(=O)N(c4ccc(F)cc4)C3=O)CC2)nc(C)n1. The average molecular weight is 384 g/mol. The molecule has 2 saturated heterocycles. The molecule has 0 bridgehead atoms. The van der Waals surface area contributed by atoms with Crippen molar-refractivity contribution in [2.75, 3.05) is 36.0 Å². The standard InChI is InChI=1S/C20H22FN5O2/c1-13-11-18(23-14(2)22-13)25-9-7-24(8-10-25)17-12-19(27)26(20(17)28)16-5-3-15(21)4-6-16/h3-6,11,17H,7-10,12H2,1-2H3/p+1/t17-/m0/s1. The van der Waals surface area contributed by atoms with Gasteiger partial charge in [-0.3, -0.25) is 9.59 Å². The Labute approximate surface area is 162 Å². The maximum Gasteiger partial charge on any atom is 0.292 e. The lowest BCUT2D eigenvalue weighted by Crippen LogP contribution is -3.19. The van der Waals surface area contributed by atoms with Crippen molar-refractivity contribution in [1.29, 1.82) is 0 Å². The van der Waals surface area contributed by atoms with Crippen molar-refractivity contribution in [3.63, 3.8) is 0 Å². The van der Waals surface area contributed by atoms with Crippen LogP contribution in [0, 0.1) is 19.7 Å². The molecule has 2 fully saturated rings. The summed E-state index contributed by atoms with van der Waals surface area (Å²) in [7, 11) is 0. The molecule has 2 aromatic rings. The van der Waals surface area contributed by atoms with Crippen LogP contribution in [-0.2, 0) is 9.59 Å². The minimum Gasteiger partial charge on any atom is -0.345 e. The Morgan fingerprint density at radius 3 is 2.39 bits per heavy atom. The van der Waals surface area contributed by atoms with Gasteiger partial charge >= 0.3 is 0 Å². The molecule has 2 amide bonds. The van der Waals surface area contributed by atoms with E-state index in [1.54, 1.807) is 0 Å². The molecule has 4 rings (SSSR count). The monoisotopic (exact) mass is 384 g/mol. The van der Waals surface area contributed by atoms with Crippen molar-refractivity contribution >= 4 is 23.3 Å². The molecule has 2 aliphatic rings. The van der Waals surface area contributed by atoms with Gasteiger partial charge < -0.3 is 9.80 Å². The first-order valence-corrected chi connectivity index (χ1v) is 9.46. The second-order valence-electron chi connectivity index (χ2n) is 7.36. The zero-order chi connectivity index (χ0) is 19.8. The van der Waals surface area contributed by atoms with Crippen molar-refractivity contribution in [3.05, 3.63) is 47.7 Å². The number of hydrogen-bond acceptors (Lipinski definition) is 5. The van der Waals surface area contributed by atoms with Crippen LogP contribution < -0.4 is 14.7 Å².